The highest BCUT2D eigenvalue weighted by Gasteiger charge is 2.08. The Hall–Kier alpha value is -2.97. The van der Waals surface area contributed by atoms with Gasteiger partial charge in [0, 0.05) is 11.1 Å². The number of amides is 1. The fourth-order valence-corrected chi connectivity index (χ4v) is 2.41. The fraction of sp³-hybridized carbons (Fsp3) is 0.200. The molecule has 0 heterocycles. The summed E-state index contributed by atoms with van der Waals surface area (Å²) in [5, 5.41) is 12.1. The summed E-state index contributed by atoms with van der Waals surface area (Å²) in [6.45, 7) is 1.84. The topological polar surface area (TPSA) is 71.3 Å². The van der Waals surface area contributed by atoms with E-state index in [1.54, 1.807) is 36.4 Å². The van der Waals surface area contributed by atoms with Crippen LogP contribution in [0.1, 0.15) is 24.1 Å². The Morgan fingerprint density at radius 2 is 2.00 bits per heavy atom. The average molecular weight is 371 g/mol. The van der Waals surface area contributed by atoms with Crippen molar-refractivity contribution in [1.29, 1.82) is 5.26 Å². The maximum atomic E-state index is 12.1. The van der Waals surface area contributed by atoms with E-state index in [0.717, 1.165) is 11.1 Å². The maximum Gasteiger partial charge on any atom is 0.244 e. The molecule has 0 radical (unpaired) electrons. The van der Waals surface area contributed by atoms with Crippen LogP contribution in [0.5, 0.6) is 11.5 Å². The third kappa shape index (κ3) is 5.54. The summed E-state index contributed by atoms with van der Waals surface area (Å²) < 4.78 is 10.5. The highest BCUT2D eigenvalue weighted by atomic mass is 35.5. The Kier molecular flexibility index (Phi) is 7.07. The van der Waals surface area contributed by atoms with E-state index in [-0.39, 0.29) is 18.6 Å². The molecule has 1 unspecified atom stereocenters. The monoisotopic (exact) mass is 370 g/mol. The van der Waals surface area contributed by atoms with Crippen molar-refractivity contribution in [2.24, 2.45) is 0 Å². The first-order valence-electron chi connectivity index (χ1n) is 7.95. The van der Waals surface area contributed by atoms with Gasteiger partial charge in [-0.25, -0.2) is 0 Å². The lowest BCUT2D eigenvalue weighted by molar-refractivity contribution is -0.117. The number of hydrogen-bond acceptors (Lipinski definition) is 4. The second-order valence-corrected chi connectivity index (χ2v) is 5.91. The van der Waals surface area contributed by atoms with Crippen LogP contribution in [-0.2, 0) is 4.79 Å². The van der Waals surface area contributed by atoms with Crippen LogP contribution < -0.4 is 14.8 Å². The van der Waals surface area contributed by atoms with Gasteiger partial charge in [-0.3, -0.25) is 4.79 Å². The van der Waals surface area contributed by atoms with Gasteiger partial charge in [0.15, 0.2) is 18.1 Å². The molecule has 5 nitrogen and oxygen atoms in total. The lowest BCUT2D eigenvalue weighted by Gasteiger charge is -2.13. The summed E-state index contributed by atoms with van der Waals surface area (Å²) in [6.07, 6.45) is 3.14. The number of nitriles is 1. The second kappa shape index (κ2) is 9.50. The molecule has 134 valence electrons. The highest BCUT2D eigenvalue weighted by Crippen LogP contribution is 2.28. The van der Waals surface area contributed by atoms with Gasteiger partial charge < -0.3 is 14.8 Å². The van der Waals surface area contributed by atoms with Crippen LogP contribution in [0.2, 0.25) is 5.02 Å². The van der Waals surface area contributed by atoms with Crippen LogP contribution in [-0.4, -0.2) is 19.6 Å². The number of halogens is 1. The van der Waals surface area contributed by atoms with Crippen molar-refractivity contribution >= 4 is 23.6 Å². The highest BCUT2D eigenvalue weighted by molar-refractivity contribution is 6.30. The summed E-state index contributed by atoms with van der Waals surface area (Å²) >= 11 is 5.87. The van der Waals surface area contributed by atoms with Gasteiger partial charge in [0.1, 0.15) is 6.07 Å². The molecule has 1 atom stereocenters. The van der Waals surface area contributed by atoms with Crippen molar-refractivity contribution in [3.05, 3.63) is 64.7 Å². The molecule has 2 rings (SSSR count). The van der Waals surface area contributed by atoms with Gasteiger partial charge in [0.2, 0.25) is 5.91 Å². The molecule has 26 heavy (non-hydrogen) atoms. The molecule has 0 bridgehead atoms. The minimum Gasteiger partial charge on any atom is -0.493 e. The zero-order valence-electron chi connectivity index (χ0n) is 14.5. The Morgan fingerprint density at radius 3 is 2.65 bits per heavy atom. The SMILES string of the molecule is COc1cc(/C=C/C(=O)NC(C)c2ccc(Cl)cc2)ccc1OCC#N. The Morgan fingerprint density at radius 1 is 1.27 bits per heavy atom. The molecule has 2 aromatic rings. The van der Waals surface area contributed by atoms with Gasteiger partial charge in [0.25, 0.3) is 0 Å². The van der Waals surface area contributed by atoms with E-state index in [1.807, 2.05) is 25.1 Å². The summed E-state index contributed by atoms with van der Waals surface area (Å²) in [7, 11) is 1.52. The number of hydrogen-bond donors (Lipinski definition) is 1. The van der Waals surface area contributed by atoms with Crippen molar-refractivity contribution in [3.8, 4) is 17.6 Å². The average Bonchev–Trinajstić information content (AvgIpc) is 2.65. The Balaban J connectivity index is 2.00. The predicted molar refractivity (Wildman–Crippen MR) is 101 cm³/mol. The van der Waals surface area contributed by atoms with Crippen LogP contribution in [0.3, 0.4) is 0 Å². The number of ether oxygens (including phenoxy) is 2. The third-order valence-electron chi connectivity index (χ3n) is 3.64. The molecule has 0 fully saturated rings. The smallest absolute Gasteiger partial charge is 0.244 e. The maximum absolute atomic E-state index is 12.1. The van der Waals surface area contributed by atoms with Crippen molar-refractivity contribution in [2.75, 3.05) is 13.7 Å². The van der Waals surface area contributed by atoms with Crippen molar-refractivity contribution < 1.29 is 14.3 Å². The molecule has 0 saturated heterocycles. The van der Waals surface area contributed by atoms with E-state index in [9.17, 15) is 4.79 Å². The van der Waals surface area contributed by atoms with E-state index < -0.39 is 0 Å². The predicted octanol–water partition coefficient (Wildman–Crippen LogP) is 4.14. The zero-order chi connectivity index (χ0) is 18.9. The lowest BCUT2D eigenvalue weighted by atomic mass is 10.1. The number of nitrogens with zero attached hydrogens (tertiary/aromatic N) is 1. The number of methoxy groups -OCH3 is 1. The number of benzene rings is 2. The van der Waals surface area contributed by atoms with Crippen LogP contribution in [0.4, 0.5) is 0 Å². The largest absolute Gasteiger partial charge is 0.493 e. The molecular weight excluding hydrogens is 352 g/mol. The molecule has 0 spiro atoms. The van der Waals surface area contributed by atoms with Gasteiger partial charge in [-0.1, -0.05) is 29.8 Å². The van der Waals surface area contributed by atoms with E-state index in [0.29, 0.717) is 16.5 Å². The number of rotatable bonds is 7. The molecular formula is C20H19ClN2O3. The first-order valence-corrected chi connectivity index (χ1v) is 8.33. The van der Waals surface area contributed by atoms with Crippen LogP contribution in [0, 0.1) is 11.3 Å². The quantitative estimate of drug-likeness (QED) is 0.743. The number of carbonyl (C=O) groups excluding carboxylic acids is 1. The van der Waals surface area contributed by atoms with Crippen molar-refractivity contribution in [2.45, 2.75) is 13.0 Å². The van der Waals surface area contributed by atoms with Gasteiger partial charge in [-0.15, -0.1) is 0 Å². The number of carbonyl (C=O) groups is 1. The molecule has 0 saturated carbocycles. The van der Waals surface area contributed by atoms with E-state index >= 15 is 0 Å². The first-order chi connectivity index (χ1) is 12.5. The minimum atomic E-state index is -0.212. The summed E-state index contributed by atoms with van der Waals surface area (Å²) in [5.74, 6) is 0.764. The van der Waals surface area contributed by atoms with Crippen molar-refractivity contribution in [1.82, 2.24) is 5.32 Å². The molecule has 1 N–H and O–H groups in total. The standard InChI is InChI=1S/C20H19ClN2O3/c1-14(16-5-7-17(21)8-6-16)23-20(24)10-4-15-3-9-18(26-12-11-22)19(13-15)25-2/h3-10,13-14H,12H2,1-2H3,(H,23,24)/b10-4+. The Bertz CT molecular complexity index is 826. The minimum absolute atomic E-state index is 0.0590. The second-order valence-electron chi connectivity index (χ2n) is 5.47. The van der Waals surface area contributed by atoms with Gasteiger partial charge in [-0.2, -0.15) is 5.26 Å². The molecule has 0 aliphatic heterocycles. The molecule has 6 heteroatoms. The normalized spacial score (nSPS) is 11.6. The molecule has 0 aliphatic carbocycles. The van der Waals surface area contributed by atoms with Gasteiger partial charge in [0.05, 0.1) is 13.2 Å². The van der Waals surface area contributed by atoms with Crippen LogP contribution in [0.25, 0.3) is 6.08 Å². The molecule has 0 aromatic heterocycles. The lowest BCUT2D eigenvalue weighted by Crippen LogP contribution is -2.24. The van der Waals surface area contributed by atoms with Crippen LogP contribution >= 0.6 is 11.6 Å². The van der Waals surface area contributed by atoms with Gasteiger partial charge in [-0.05, 0) is 48.4 Å². The van der Waals surface area contributed by atoms with E-state index in [4.69, 9.17) is 26.3 Å². The Labute approximate surface area is 157 Å². The van der Waals surface area contributed by atoms with Crippen LogP contribution in [0.15, 0.2) is 48.5 Å². The molecule has 0 aliphatic rings. The molecule has 2 aromatic carbocycles. The summed E-state index contributed by atoms with van der Waals surface area (Å²) in [6, 6.07) is 14.3. The zero-order valence-corrected chi connectivity index (χ0v) is 15.3. The van der Waals surface area contributed by atoms with Crippen molar-refractivity contribution in [3.63, 3.8) is 0 Å². The summed E-state index contributed by atoms with van der Waals surface area (Å²) in [5.41, 5.74) is 1.75. The first kappa shape index (κ1) is 19.4. The molecule has 1 amide bonds. The van der Waals surface area contributed by atoms with Gasteiger partial charge >= 0.3 is 0 Å². The van der Waals surface area contributed by atoms with E-state index in [2.05, 4.69) is 5.32 Å². The van der Waals surface area contributed by atoms with E-state index in [1.165, 1.54) is 13.2 Å². The summed E-state index contributed by atoms with van der Waals surface area (Å²) in [4.78, 5) is 12.1. The third-order valence-corrected chi connectivity index (χ3v) is 3.89. The fourth-order valence-electron chi connectivity index (χ4n) is 2.29. The number of nitrogens with one attached hydrogen (secondary N) is 1.